The maximum Gasteiger partial charge on any atom is 0.288 e. The summed E-state index contributed by atoms with van der Waals surface area (Å²) in [5.41, 5.74) is 1.21. The van der Waals surface area contributed by atoms with Gasteiger partial charge in [0.05, 0.1) is 23.6 Å². The number of amides is 1. The minimum absolute atomic E-state index is 0.0612. The van der Waals surface area contributed by atoms with E-state index in [1.807, 2.05) is 24.3 Å². The number of carbonyl (C=O) groups excluding carboxylic acids is 1. The van der Waals surface area contributed by atoms with Crippen molar-refractivity contribution in [3.05, 3.63) is 74.6 Å². The van der Waals surface area contributed by atoms with Crippen LogP contribution in [0, 0.1) is 0 Å². The van der Waals surface area contributed by atoms with Crippen LogP contribution in [0.25, 0.3) is 11.0 Å². The van der Waals surface area contributed by atoms with Crippen molar-refractivity contribution in [1.29, 1.82) is 0 Å². The van der Waals surface area contributed by atoms with Gasteiger partial charge in [0.15, 0.2) is 5.43 Å². The van der Waals surface area contributed by atoms with E-state index in [2.05, 4.69) is 12.2 Å². The van der Waals surface area contributed by atoms with Gasteiger partial charge in [-0.1, -0.05) is 49.9 Å². The van der Waals surface area contributed by atoms with Crippen molar-refractivity contribution in [2.45, 2.75) is 38.6 Å². The molecule has 6 heteroatoms. The van der Waals surface area contributed by atoms with E-state index in [0.717, 1.165) is 24.2 Å². The fourth-order valence-corrected chi connectivity index (χ4v) is 3.78. The first kappa shape index (κ1) is 19.5. The number of unbranched alkanes of at least 4 members (excludes halogenated alkanes) is 3. The Kier molecular flexibility index (Phi) is 5.58. The summed E-state index contributed by atoms with van der Waals surface area (Å²) in [7, 11) is 0. The normalized spacial score (nSPS) is 15.4. The minimum Gasteiger partial charge on any atom is -0.494 e. The number of hydrogen-bond donors (Lipinski definition) is 1. The Morgan fingerprint density at radius 1 is 1.07 bits per heavy atom. The zero-order chi connectivity index (χ0) is 20.4. The predicted molar refractivity (Wildman–Crippen MR) is 113 cm³/mol. The summed E-state index contributed by atoms with van der Waals surface area (Å²) in [6, 6.07) is 11.7. The van der Waals surface area contributed by atoms with Crippen molar-refractivity contribution >= 4 is 28.5 Å². The van der Waals surface area contributed by atoms with E-state index in [9.17, 15) is 9.59 Å². The van der Waals surface area contributed by atoms with Crippen molar-refractivity contribution in [3.63, 3.8) is 0 Å². The van der Waals surface area contributed by atoms with Crippen LogP contribution in [0.15, 0.2) is 51.7 Å². The molecule has 0 bridgehead atoms. The maximum atomic E-state index is 13.1. The molecule has 1 unspecified atom stereocenters. The number of fused-ring (bicyclic) bond motifs is 2. The zero-order valence-electron chi connectivity index (χ0n) is 16.2. The molecule has 1 aliphatic rings. The minimum atomic E-state index is -0.560. The highest BCUT2D eigenvalue weighted by molar-refractivity contribution is 6.31. The van der Waals surface area contributed by atoms with Gasteiger partial charge in [-0.2, -0.15) is 0 Å². The summed E-state index contributed by atoms with van der Waals surface area (Å²) in [4.78, 5) is 25.5. The number of ether oxygens (including phenoxy) is 1. The summed E-state index contributed by atoms with van der Waals surface area (Å²) in [6.07, 6.45) is 4.59. The monoisotopic (exact) mass is 411 g/mol. The average Bonchev–Trinajstić information content (AvgIpc) is 3.06. The largest absolute Gasteiger partial charge is 0.494 e. The molecule has 4 rings (SSSR count). The number of carbonyl (C=O) groups is 1. The summed E-state index contributed by atoms with van der Waals surface area (Å²) < 4.78 is 11.5. The molecular weight excluding hydrogens is 390 g/mol. The molecule has 1 N–H and O–H groups in total. The molecule has 0 aliphatic carbocycles. The van der Waals surface area contributed by atoms with E-state index in [0.29, 0.717) is 28.2 Å². The van der Waals surface area contributed by atoms with E-state index >= 15 is 0 Å². The van der Waals surface area contributed by atoms with Crippen molar-refractivity contribution in [3.8, 4) is 5.75 Å². The number of rotatable bonds is 7. The fraction of sp³-hybridized carbons (Fsp3) is 0.304. The third-order valence-electron chi connectivity index (χ3n) is 5.14. The van der Waals surface area contributed by atoms with Crippen LogP contribution in [0.1, 0.15) is 60.3 Å². The Bertz CT molecular complexity index is 1100. The zero-order valence-corrected chi connectivity index (χ0v) is 16.9. The van der Waals surface area contributed by atoms with Crippen molar-refractivity contribution in [1.82, 2.24) is 5.32 Å². The van der Waals surface area contributed by atoms with Gasteiger partial charge in [-0.05, 0) is 42.3 Å². The van der Waals surface area contributed by atoms with Crippen LogP contribution in [0.3, 0.4) is 0 Å². The summed E-state index contributed by atoms with van der Waals surface area (Å²) in [5, 5.41) is 3.65. The molecule has 1 atom stereocenters. The highest BCUT2D eigenvalue weighted by Gasteiger charge is 2.35. The number of nitrogens with one attached hydrogen (secondary N) is 1. The second-order valence-electron chi connectivity index (χ2n) is 7.20. The van der Waals surface area contributed by atoms with E-state index in [1.54, 1.807) is 18.2 Å². The molecular formula is C23H22ClNO4. The van der Waals surface area contributed by atoms with Crippen LogP contribution in [0.2, 0.25) is 5.02 Å². The second kappa shape index (κ2) is 8.29. The summed E-state index contributed by atoms with van der Waals surface area (Å²) >= 11 is 6.03. The van der Waals surface area contributed by atoms with E-state index in [-0.39, 0.29) is 11.2 Å². The lowest BCUT2D eigenvalue weighted by molar-refractivity contribution is 0.0938. The Morgan fingerprint density at radius 2 is 1.86 bits per heavy atom. The molecule has 0 fully saturated rings. The summed E-state index contributed by atoms with van der Waals surface area (Å²) in [5.74, 6) is 0.438. The van der Waals surface area contributed by atoms with Crippen LogP contribution >= 0.6 is 11.6 Å². The second-order valence-corrected chi connectivity index (χ2v) is 7.64. The van der Waals surface area contributed by atoms with Gasteiger partial charge in [-0.25, -0.2) is 0 Å². The Balaban J connectivity index is 1.60. The first-order valence-corrected chi connectivity index (χ1v) is 10.3. The maximum absolute atomic E-state index is 13.1. The summed E-state index contributed by atoms with van der Waals surface area (Å²) in [6.45, 7) is 2.86. The lowest BCUT2D eigenvalue weighted by atomic mass is 9.99. The Morgan fingerprint density at radius 3 is 2.62 bits per heavy atom. The molecule has 0 radical (unpaired) electrons. The molecule has 3 aromatic rings. The van der Waals surface area contributed by atoms with Gasteiger partial charge in [-0.3, -0.25) is 9.59 Å². The first-order chi connectivity index (χ1) is 14.1. The van der Waals surface area contributed by atoms with Crippen molar-refractivity contribution < 1.29 is 13.9 Å². The highest BCUT2D eigenvalue weighted by atomic mass is 35.5. The molecule has 2 aromatic carbocycles. The molecule has 150 valence electrons. The van der Waals surface area contributed by atoms with Crippen molar-refractivity contribution in [2.24, 2.45) is 0 Å². The molecule has 0 saturated heterocycles. The van der Waals surface area contributed by atoms with Crippen molar-refractivity contribution in [2.75, 3.05) is 6.61 Å². The number of hydrogen-bond acceptors (Lipinski definition) is 4. The molecule has 2 heterocycles. The standard InChI is InChI=1S/C23H22ClNO4/c1-2-3-4-5-12-28-16-9-6-14(7-10-16)20-19-21(26)17-13-15(24)8-11-18(17)29-22(19)23(27)25-20/h6-11,13,20H,2-5,12H2,1H3,(H,25,27). The van der Waals surface area contributed by atoms with Crippen LogP contribution in [-0.2, 0) is 0 Å². The fourth-order valence-electron chi connectivity index (χ4n) is 3.61. The van der Waals surface area contributed by atoms with Crippen LogP contribution in [-0.4, -0.2) is 12.5 Å². The molecule has 1 aromatic heterocycles. The molecule has 5 nitrogen and oxygen atoms in total. The molecule has 1 aliphatic heterocycles. The number of benzene rings is 2. The van der Waals surface area contributed by atoms with Gasteiger partial charge in [0, 0.05) is 5.02 Å². The quantitative estimate of drug-likeness (QED) is 0.540. The van der Waals surface area contributed by atoms with Gasteiger partial charge in [0.2, 0.25) is 5.76 Å². The van der Waals surface area contributed by atoms with Gasteiger partial charge in [0.25, 0.3) is 5.91 Å². The molecule has 1 amide bonds. The third-order valence-corrected chi connectivity index (χ3v) is 5.37. The van der Waals surface area contributed by atoms with Gasteiger partial charge in [-0.15, -0.1) is 0 Å². The Labute approximate surface area is 173 Å². The Hall–Kier alpha value is -2.79. The van der Waals surface area contributed by atoms with Gasteiger partial charge < -0.3 is 14.5 Å². The van der Waals surface area contributed by atoms with Crippen LogP contribution in [0.4, 0.5) is 0 Å². The van der Waals surface area contributed by atoms with E-state index < -0.39 is 11.9 Å². The SMILES string of the molecule is CCCCCCOc1ccc(C2NC(=O)c3oc4ccc(Cl)cc4c(=O)c32)cc1. The molecule has 0 saturated carbocycles. The molecule has 29 heavy (non-hydrogen) atoms. The van der Waals surface area contributed by atoms with Gasteiger partial charge in [0.1, 0.15) is 11.3 Å². The van der Waals surface area contributed by atoms with Crippen LogP contribution < -0.4 is 15.5 Å². The molecule has 0 spiro atoms. The van der Waals surface area contributed by atoms with E-state index in [4.69, 9.17) is 20.8 Å². The average molecular weight is 412 g/mol. The highest BCUT2D eigenvalue weighted by Crippen LogP contribution is 2.32. The predicted octanol–water partition coefficient (Wildman–Crippen LogP) is 5.24. The lowest BCUT2D eigenvalue weighted by Gasteiger charge is -2.13. The smallest absolute Gasteiger partial charge is 0.288 e. The topological polar surface area (TPSA) is 68.5 Å². The van der Waals surface area contributed by atoms with Crippen LogP contribution in [0.5, 0.6) is 5.75 Å². The van der Waals surface area contributed by atoms with E-state index in [1.165, 1.54) is 12.8 Å². The third kappa shape index (κ3) is 3.87. The van der Waals surface area contributed by atoms with Gasteiger partial charge >= 0.3 is 0 Å². The number of halogens is 1. The lowest BCUT2D eigenvalue weighted by Crippen LogP contribution is -2.21. The first-order valence-electron chi connectivity index (χ1n) is 9.88.